The zero-order chi connectivity index (χ0) is 8.97. The summed E-state index contributed by atoms with van der Waals surface area (Å²) in [5.41, 5.74) is 3.40. The normalized spacial score (nSPS) is 9.17. The summed E-state index contributed by atoms with van der Waals surface area (Å²) < 4.78 is 4.95. The van der Waals surface area contributed by atoms with Crippen LogP contribution in [0.1, 0.15) is 10.4 Å². The summed E-state index contributed by atoms with van der Waals surface area (Å²) >= 11 is 0. The fraction of sp³-hybridized carbons (Fsp3) is 0.125. The van der Waals surface area contributed by atoms with Gasteiger partial charge < -0.3 is 10.2 Å². The van der Waals surface area contributed by atoms with Crippen LogP contribution in [0.25, 0.3) is 0 Å². The molecule has 0 bridgehead atoms. The van der Waals surface area contributed by atoms with Crippen LogP contribution in [-0.4, -0.2) is 13.4 Å². The molecule has 1 aromatic rings. The molecule has 64 valence electrons. The fourth-order valence-electron chi connectivity index (χ4n) is 0.969. The minimum Gasteiger partial charge on any atom is -0.496 e. The maximum absolute atomic E-state index is 10.6. The Balaban J connectivity index is 3.21. The summed E-state index contributed by atoms with van der Waals surface area (Å²) in [6.07, 6.45) is 0.702. The third kappa shape index (κ3) is 1.38. The molecule has 3 N–H and O–H groups in total. The third-order valence-electron chi connectivity index (χ3n) is 1.56. The highest BCUT2D eigenvalue weighted by Crippen LogP contribution is 2.23. The molecule has 0 saturated carbocycles. The first-order chi connectivity index (χ1) is 5.83. The Hall–Kier alpha value is -1.55. The van der Waals surface area contributed by atoms with Crippen LogP contribution >= 0.6 is 0 Å². The van der Waals surface area contributed by atoms with Crippen molar-refractivity contribution in [3.05, 3.63) is 23.8 Å². The van der Waals surface area contributed by atoms with E-state index >= 15 is 0 Å². The highest BCUT2D eigenvalue weighted by molar-refractivity contribution is 5.87. The van der Waals surface area contributed by atoms with E-state index < -0.39 is 0 Å². The van der Waals surface area contributed by atoms with E-state index in [1.807, 2.05) is 0 Å². The number of anilines is 1. The molecule has 1 aromatic carbocycles. The maximum atomic E-state index is 10.6. The van der Waals surface area contributed by atoms with Gasteiger partial charge in [-0.3, -0.25) is 10.6 Å². The summed E-state index contributed by atoms with van der Waals surface area (Å²) in [6, 6.07) is 5.15. The average Bonchev–Trinajstić information content (AvgIpc) is 2.16. The number of rotatable bonds is 3. The lowest BCUT2D eigenvalue weighted by Crippen LogP contribution is -2.09. The van der Waals surface area contributed by atoms with Crippen molar-refractivity contribution in [2.45, 2.75) is 0 Å². The standard InChI is InChI=1S/C8H10N2O2/c1-12-8-4-2-3-7(10-9)6(8)5-11/h2-5,10H,9H2,1H3. The van der Waals surface area contributed by atoms with Crippen LogP contribution in [0.3, 0.4) is 0 Å². The number of aldehydes is 1. The summed E-state index contributed by atoms with van der Waals surface area (Å²) in [6.45, 7) is 0. The van der Waals surface area contributed by atoms with E-state index in [-0.39, 0.29) is 0 Å². The zero-order valence-electron chi connectivity index (χ0n) is 6.70. The van der Waals surface area contributed by atoms with Crippen LogP contribution in [0.4, 0.5) is 5.69 Å². The minimum absolute atomic E-state index is 0.433. The molecule has 4 heteroatoms. The molecule has 12 heavy (non-hydrogen) atoms. The number of benzene rings is 1. The van der Waals surface area contributed by atoms with Crippen molar-refractivity contribution < 1.29 is 9.53 Å². The van der Waals surface area contributed by atoms with Crippen molar-refractivity contribution in [3.8, 4) is 5.75 Å². The molecule has 0 fully saturated rings. The molecule has 0 radical (unpaired) electrons. The lowest BCUT2D eigenvalue weighted by molar-refractivity contribution is 0.112. The van der Waals surface area contributed by atoms with Gasteiger partial charge in [-0.2, -0.15) is 0 Å². The summed E-state index contributed by atoms with van der Waals surface area (Å²) in [5.74, 6) is 5.70. The number of hydrogen-bond donors (Lipinski definition) is 2. The number of hydrogen-bond acceptors (Lipinski definition) is 4. The van der Waals surface area contributed by atoms with Crippen molar-refractivity contribution in [1.29, 1.82) is 0 Å². The summed E-state index contributed by atoms with van der Waals surface area (Å²) in [4.78, 5) is 10.6. The van der Waals surface area contributed by atoms with E-state index in [0.717, 1.165) is 0 Å². The van der Waals surface area contributed by atoms with Crippen LogP contribution in [-0.2, 0) is 0 Å². The quantitative estimate of drug-likeness (QED) is 0.396. The number of nitrogen functional groups attached to an aromatic ring is 1. The van der Waals surface area contributed by atoms with Gasteiger partial charge in [0, 0.05) is 0 Å². The molecular formula is C8H10N2O2. The molecule has 0 amide bonds. The third-order valence-corrected chi connectivity index (χ3v) is 1.56. The van der Waals surface area contributed by atoms with Gasteiger partial charge in [0.2, 0.25) is 0 Å². The van der Waals surface area contributed by atoms with E-state index in [1.165, 1.54) is 7.11 Å². The molecule has 0 atom stereocenters. The van der Waals surface area contributed by atoms with Crippen molar-refractivity contribution in [1.82, 2.24) is 0 Å². The molecule has 0 spiro atoms. The van der Waals surface area contributed by atoms with Crippen LogP contribution in [0.5, 0.6) is 5.75 Å². The number of hydrazine groups is 1. The molecular weight excluding hydrogens is 156 g/mol. The lowest BCUT2D eigenvalue weighted by Gasteiger charge is -2.07. The van der Waals surface area contributed by atoms with Gasteiger partial charge in [0.25, 0.3) is 0 Å². The second-order valence-electron chi connectivity index (χ2n) is 2.18. The molecule has 1 rings (SSSR count). The summed E-state index contributed by atoms with van der Waals surface area (Å²) in [5, 5.41) is 0. The molecule has 4 nitrogen and oxygen atoms in total. The Morgan fingerprint density at radius 1 is 1.58 bits per heavy atom. The van der Waals surface area contributed by atoms with Gasteiger partial charge in [-0.25, -0.2) is 0 Å². The first-order valence-corrected chi connectivity index (χ1v) is 3.42. The van der Waals surface area contributed by atoms with Gasteiger partial charge in [-0.15, -0.1) is 0 Å². The van der Waals surface area contributed by atoms with Gasteiger partial charge in [0.15, 0.2) is 6.29 Å². The number of methoxy groups -OCH3 is 1. The first kappa shape index (κ1) is 8.55. The van der Waals surface area contributed by atoms with Crippen molar-refractivity contribution in [2.24, 2.45) is 5.84 Å². The Kier molecular flexibility index (Phi) is 2.66. The number of nitrogens with two attached hydrogens (primary N) is 1. The van der Waals surface area contributed by atoms with Crippen LogP contribution in [0.15, 0.2) is 18.2 Å². The maximum Gasteiger partial charge on any atom is 0.155 e. The predicted molar refractivity (Wildman–Crippen MR) is 46.2 cm³/mol. The highest BCUT2D eigenvalue weighted by Gasteiger charge is 2.05. The number of ether oxygens (including phenoxy) is 1. The van der Waals surface area contributed by atoms with Crippen LogP contribution in [0, 0.1) is 0 Å². The molecule has 0 aliphatic heterocycles. The van der Waals surface area contributed by atoms with E-state index in [4.69, 9.17) is 10.6 Å². The number of nitrogens with one attached hydrogen (secondary N) is 1. The Morgan fingerprint density at radius 3 is 2.83 bits per heavy atom. The first-order valence-electron chi connectivity index (χ1n) is 3.42. The molecule has 0 aromatic heterocycles. The minimum atomic E-state index is 0.433. The van der Waals surface area contributed by atoms with E-state index in [2.05, 4.69) is 5.43 Å². The van der Waals surface area contributed by atoms with Crippen molar-refractivity contribution >= 4 is 12.0 Å². The fourth-order valence-corrected chi connectivity index (χ4v) is 0.969. The largest absolute Gasteiger partial charge is 0.496 e. The topological polar surface area (TPSA) is 64.3 Å². The van der Waals surface area contributed by atoms with Gasteiger partial charge in [0.1, 0.15) is 5.75 Å². The molecule has 0 heterocycles. The molecule has 0 aliphatic rings. The zero-order valence-corrected chi connectivity index (χ0v) is 6.70. The van der Waals surface area contributed by atoms with Crippen LogP contribution in [0.2, 0.25) is 0 Å². The SMILES string of the molecule is COc1cccc(NN)c1C=O. The van der Waals surface area contributed by atoms with Crippen molar-refractivity contribution in [3.63, 3.8) is 0 Å². The second-order valence-corrected chi connectivity index (χ2v) is 2.18. The van der Waals surface area contributed by atoms with Gasteiger partial charge in [-0.1, -0.05) is 6.07 Å². The van der Waals surface area contributed by atoms with Crippen LogP contribution < -0.4 is 16.0 Å². The predicted octanol–water partition coefficient (Wildman–Crippen LogP) is 0.793. The molecule has 0 unspecified atom stereocenters. The lowest BCUT2D eigenvalue weighted by atomic mass is 10.2. The highest BCUT2D eigenvalue weighted by atomic mass is 16.5. The number of carbonyl (C=O) groups excluding carboxylic acids is 1. The molecule has 0 saturated heterocycles. The van der Waals surface area contributed by atoms with Gasteiger partial charge in [-0.05, 0) is 12.1 Å². The monoisotopic (exact) mass is 166 g/mol. The van der Waals surface area contributed by atoms with Gasteiger partial charge >= 0.3 is 0 Å². The Morgan fingerprint density at radius 2 is 2.33 bits per heavy atom. The van der Waals surface area contributed by atoms with E-state index in [0.29, 0.717) is 23.3 Å². The van der Waals surface area contributed by atoms with Crippen molar-refractivity contribution in [2.75, 3.05) is 12.5 Å². The number of carbonyl (C=O) groups is 1. The molecule has 0 aliphatic carbocycles. The Labute approximate surface area is 70.3 Å². The Bertz CT molecular complexity index is 264. The van der Waals surface area contributed by atoms with E-state index in [9.17, 15) is 4.79 Å². The average molecular weight is 166 g/mol. The smallest absolute Gasteiger partial charge is 0.155 e. The second kappa shape index (κ2) is 3.73. The summed E-state index contributed by atoms with van der Waals surface area (Å²) in [7, 11) is 1.50. The van der Waals surface area contributed by atoms with E-state index in [1.54, 1.807) is 18.2 Å². The van der Waals surface area contributed by atoms with Gasteiger partial charge in [0.05, 0.1) is 18.4 Å².